The topological polar surface area (TPSA) is 81.2 Å². The summed E-state index contributed by atoms with van der Waals surface area (Å²) in [5.74, 6) is 0.651. The van der Waals surface area contributed by atoms with E-state index in [9.17, 15) is 10.1 Å². The van der Waals surface area contributed by atoms with Crippen molar-refractivity contribution < 1.29 is 9.45 Å². The van der Waals surface area contributed by atoms with E-state index in [4.69, 9.17) is 4.52 Å². The molecule has 6 heteroatoms. The lowest BCUT2D eigenvalue weighted by Gasteiger charge is -2.02. The van der Waals surface area contributed by atoms with Gasteiger partial charge in [0, 0.05) is 29.8 Å². The van der Waals surface area contributed by atoms with Crippen LogP contribution < -0.4 is 5.32 Å². The second-order valence-corrected chi connectivity index (χ2v) is 4.16. The van der Waals surface area contributed by atoms with E-state index in [-0.39, 0.29) is 5.69 Å². The summed E-state index contributed by atoms with van der Waals surface area (Å²) in [4.78, 5) is 10.2. The van der Waals surface area contributed by atoms with Crippen LogP contribution in [0.1, 0.15) is 18.9 Å². The Kier molecular flexibility index (Phi) is 4.25. The van der Waals surface area contributed by atoms with Crippen molar-refractivity contribution in [2.75, 3.05) is 6.54 Å². The van der Waals surface area contributed by atoms with E-state index in [2.05, 4.69) is 17.4 Å². The molecule has 1 aromatic carbocycles. The molecule has 1 heterocycles. The monoisotopic (exact) mass is 261 g/mol. The summed E-state index contributed by atoms with van der Waals surface area (Å²) in [6.07, 6.45) is 2.72. The maximum atomic E-state index is 10.6. The Balaban J connectivity index is 2.17. The van der Waals surface area contributed by atoms with Crippen molar-refractivity contribution >= 4 is 5.69 Å². The molecule has 0 aliphatic carbocycles. The standard InChI is InChI=1S/C13H15N3O3/c1-2-7-14-8-11-9-15-19-13(11)10-3-5-12(6-4-10)16(17)18/h3-6,9,14H,2,7-8H2,1H3. The molecule has 0 unspecified atom stereocenters. The van der Waals surface area contributed by atoms with Gasteiger partial charge in [-0.15, -0.1) is 0 Å². The highest BCUT2D eigenvalue weighted by molar-refractivity contribution is 5.62. The number of rotatable bonds is 6. The minimum absolute atomic E-state index is 0.0638. The second-order valence-electron chi connectivity index (χ2n) is 4.16. The molecular formula is C13H15N3O3. The number of hydrogen-bond donors (Lipinski definition) is 1. The maximum Gasteiger partial charge on any atom is 0.269 e. The Morgan fingerprint density at radius 2 is 2.11 bits per heavy atom. The number of aromatic nitrogens is 1. The molecule has 19 heavy (non-hydrogen) atoms. The molecule has 0 saturated heterocycles. The first-order valence-electron chi connectivity index (χ1n) is 6.11. The van der Waals surface area contributed by atoms with Gasteiger partial charge >= 0.3 is 0 Å². The Morgan fingerprint density at radius 1 is 1.37 bits per heavy atom. The molecule has 0 spiro atoms. The smallest absolute Gasteiger partial charge is 0.269 e. The number of nitro groups is 1. The van der Waals surface area contributed by atoms with Crippen LogP contribution in [0.2, 0.25) is 0 Å². The molecule has 0 amide bonds. The van der Waals surface area contributed by atoms with Crippen molar-refractivity contribution in [3.05, 3.63) is 46.1 Å². The molecule has 0 aliphatic rings. The van der Waals surface area contributed by atoms with Crippen molar-refractivity contribution in [2.24, 2.45) is 0 Å². The van der Waals surface area contributed by atoms with E-state index in [0.29, 0.717) is 12.3 Å². The fourth-order valence-corrected chi connectivity index (χ4v) is 1.76. The Labute approximate surface area is 110 Å². The Morgan fingerprint density at radius 3 is 2.74 bits per heavy atom. The van der Waals surface area contributed by atoms with Crippen LogP contribution in [0.3, 0.4) is 0 Å². The summed E-state index contributed by atoms with van der Waals surface area (Å²) in [7, 11) is 0. The molecule has 100 valence electrons. The number of nitrogens with one attached hydrogen (secondary N) is 1. The number of non-ortho nitro benzene ring substituents is 1. The predicted octanol–water partition coefficient (Wildman–Crippen LogP) is 2.75. The van der Waals surface area contributed by atoms with Crippen molar-refractivity contribution in [2.45, 2.75) is 19.9 Å². The van der Waals surface area contributed by atoms with E-state index in [1.54, 1.807) is 18.3 Å². The first-order valence-corrected chi connectivity index (χ1v) is 6.11. The van der Waals surface area contributed by atoms with Crippen LogP contribution in [0.4, 0.5) is 5.69 Å². The number of benzene rings is 1. The number of nitrogens with zero attached hydrogens (tertiary/aromatic N) is 2. The van der Waals surface area contributed by atoms with Crippen LogP contribution in [0.15, 0.2) is 35.0 Å². The van der Waals surface area contributed by atoms with Gasteiger partial charge in [-0.2, -0.15) is 0 Å². The molecule has 6 nitrogen and oxygen atoms in total. The minimum atomic E-state index is -0.423. The highest BCUT2D eigenvalue weighted by Gasteiger charge is 2.12. The van der Waals surface area contributed by atoms with Gasteiger partial charge in [0.25, 0.3) is 5.69 Å². The van der Waals surface area contributed by atoms with Crippen molar-refractivity contribution in [1.29, 1.82) is 0 Å². The van der Waals surface area contributed by atoms with Crippen LogP contribution >= 0.6 is 0 Å². The third kappa shape index (κ3) is 3.17. The summed E-state index contributed by atoms with van der Waals surface area (Å²) in [6, 6.07) is 6.26. The summed E-state index contributed by atoms with van der Waals surface area (Å²) < 4.78 is 5.22. The molecule has 1 N–H and O–H groups in total. The largest absolute Gasteiger partial charge is 0.356 e. The first-order chi connectivity index (χ1) is 9.22. The van der Waals surface area contributed by atoms with Crippen LogP contribution in [0, 0.1) is 10.1 Å². The average molecular weight is 261 g/mol. The molecule has 2 rings (SSSR count). The van der Waals surface area contributed by atoms with Crippen molar-refractivity contribution in [1.82, 2.24) is 10.5 Å². The van der Waals surface area contributed by atoms with E-state index >= 15 is 0 Å². The van der Waals surface area contributed by atoms with Crippen LogP contribution in [0.25, 0.3) is 11.3 Å². The quantitative estimate of drug-likeness (QED) is 0.491. The molecule has 0 bridgehead atoms. The third-order valence-corrected chi connectivity index (χ3v) is 2.73. The number of hydrogen-bond acceptors (Lipinski definition) is 5. The van der Waals surface area contributed by atoms with Gasteiger partial charge < -0.3 is 9.84 Å². The van der Waals surface area contributed by atoms with Crippen molar-refractivity contribution in [3.8, 4) is 11.3 Å². The van der Waals surface area contributed by atoms with E-state index in [1.807, 2.05) is 0 Å². The fraction of sp³-hybridized carbons (Fsp3) is 0.308. The summed E-state index contributed by atoms with van der Waals surface area (Å²) in [6.45, 7) is 3.69. The maximum absolute atomic E-state index is 10.6. The van der Waals surface area contributed by atoms with Crippen molar-refractivity contribution in [3.63, 3.8) is 0 Å². The summed E-state index contributed by atoms with van der Waals surface area (Å²) >= 11 is 0. The Hall–Kier alpha value is -2.21. The highest BCUT2D eigenvalue weighted by Crippen LogP contribution is 2.25. The molecule has 0 atom stereocenters. The van der Waals surface area contributed by atoms with Gasteiger partial charge in [0.2, 0.25) is 0 Å². The van der Waals surface area contributed by atoms with Gasteiger partial charge in [-0.3, -0.25) is 10.1 Å². The van der Waals surface area contributed by atoms with E-state index in [0.717, 1.165) is 24.1 Å². The van der Waals surface area contributed by atoms with Crippen LogP contribution in [0.5, 0.6) is 0 Å². The van der Waals surface area contributed by atoms with Gasteiger partial charge in [0.05, 0.1) is 11.1 Å². The molecule has 0 radical (unpaired) electrons. The SMILES string of the molecule is CCCNCc1cnoc1-c1ccc([N+](=O)[O-])cc1. The molecule has 0 aliphatic heterocycles. The molecular weight excluding hydrogens is 246 g/mol. The summed E-state index contributed by atoms with van der Waals surface area (Å²) in [5.41, 5.74) is 1.80. The molecule has 0 fully saturated rings. The second kappa shape index (κ2) is 6.10. The van der Waals surface area contributed by atoms with Gasteiger partial charge in [-0.1, -0.05) is 12.1 Å². The van der Waals surface area contributed by atoms with E-state index in [1.165, 1.54) is 12.1 Å². The summed E-state index contributed by atoms with van der Waals surface area (Å²) in [5, 5.41) is 17.7. The van der Waals surface area contributed by atoms with E-state index < -0.39 is 4.92 Å². The molecule has 2 aromatic rings. The van der Waals surface area contributed by atoms with Crippen LogP contribution in [-0.2, 0) is 6.54 Å². The first kappa shape index (κ1) is 13.2. The number of nitro benzene ring substituents is 1. The zero-order valence-corrected chi connectivity index (χ0v) is 10.6. The van der Waals surface area contributed by atoms with Gasteiger partial charge in [-0.25, -0.2) is 0 Å². The fourth-order valence-electron chi connectivity index (χ4n) is 1.76. The third-order valence-electron chi connectivity index (χ3n) is 2.73. The normalized spacial score (nSPS) is 10.6. The minimum Gasteiger partial charge on any atom is -0.356 e. The lowest BCUT2D eigenvalue weighted by atomic mass is 10.1. The van der Waals surface area contributed by atoms with Gasteiger partial charge in [0.15, 0.2) is 5.76 Å². The molecule has 0 saturated carbocycles. The zero-order valence-electron chi connectivity index (χ0n) is 10.6. The highest BCUT2D eigenvalue weighted by atomic mass is 16.6. The van der Waals surface area contributed by atoms with Gasteiger partial charge in [-0.05, 0) is 25.1 Å². The van der Waals surface area contributed by atoms with Crippen LogP contribution in [-0.4, -0.2) is 16.6 Å². The Bertz CT molecular complexity index is 549. The lowest BCUT2D eigenvalue weighted by Crippen LogP contribution is -2.13. The molecule has 1 aromatic heterocycles. The lowest BCUT2D eigenvalue weighted by molar-refractivity contribution is -0.384. The predicted molar refractivity (Wildman–Crippen MR) is 70.6 cm³/mol. The average Bonchev–Trinajstić information content (AvgIpc) is 2.87. The zero-order chi connectivity index (χ0) is 13.7. The van der Waals surface area contributed by atoms with Gasteiger partial charge in [0.1, 0.15) is 0 Å².